The van der Waals surface area contributed by atoms with Crippen molar-refractivity contribution in [2.45, 2.75) is 45.1 Å². The minimum absolute atomic E-state index is 0.117. The molecule has 0 fully saturated rings. The van der Waals surface area contributed by atoms with E-state index in [0.717, 1.165) is 5.56 Å². The number of sulfonamides is 1. The molecule has 0 radical (unpaired) electrons. The molecule has 2 aromatic rings. The second kappa shape index (κ2) is 9.82. The summed E-state index contributed by atoms with van der Waals surface area (Å²) >= 11 is 0. The van der Waals surface area contributed by atoms with E-state index < -0.39 is 40.1 Å². The number of hydrogen-bond acceptors (Lipinski definition) is 6. The van der Waals surface area contributed by atoms with Gasteiger partial charge in [-0.1, -0.05) is 12.1 Å². The molecule has 0 aliphatic heterocycles. The van der Waals surface area contributed by atoms with E-state index in [1.165, 1.54) is 24.3 Å². The van der Waals surface area contributed by atoms with E-state index in [-0.39, 0.29) is 16.1 Å². The van der Waals surface area contributed by atoms with Crippen LogP contribution in [0.4, 0.5) is 10.5 Å². The minimum atomic E-state index is -3.80. The summed E-state index contributed by atoms with van der Waals surface area (Å²) in [4.78, 5) is 35.7. The van der Waals surface area contributed by atoms with Crippen molar-refractivity contribution in [3.63, 3.8) is 0 Å². The number of urea groups is 1. The molecule has 9 nitrogen and oxygen atoms in total. The van der Waals surface area contributed by atoms with Crippen LogP contribution in [-0.4, -0.2) is 38.5 Å². The first kappa shape index (κ1) is 24.9. The third-order valence-corrected chi connectivity index (χ3v) is 5.61. The van der Waals surface area contributed by atoms with Crippen molar-refractivity contribution in [1.29, 1.82) is 0 Å². The highest BCUT2D eigenvalue weighted by Gasteiger charge is 2.19. The fourth-order valence-electron chi connectivity index (χ4n) is 2.63. The van der Waals surface area contributed by atoms with Gasteiger partial charge in [0.05, 0.1) is 10.5 Å². The highest BCUT2D eigenvalue weighted by molar-refractivity contribution is 7.92. The molecular weight excluding hydrogens is 434 g/mol. The first-order valence-electron chi connectivity index (χ1n) is 9.76. The maximum atomic E-state index is 12.7. The van der Waals surface area contributed by atoms with E-state index in [1.807, 2.05) is 6.07 Å². The Morgan fingerprint density at radius 3 is 2.19 bits per heavy atom. The standard InChI is InChI=1S/C22H27N3O6S/c1-14-6-7-15(2)18(12-14)32(29,30)25-17-10-8-16(9-11-17)20(27)31-13-19(26)23-21(28)24-22(3,4)5/h6-12,25H,13H2,1-5H3,(H2,23,24,26,28). The van der Waals surface area contributed by atoms with Crippen LogP contribution in [0.15, 0.2) is 47.4 Å². The predicted octanol–water partition coefficient (Wildman–Crippen LogP) is 2.89. The van der Waals surface area contributed by atoms with Crippen LogP contribution in [-0.2, 0) is 19.6 Å². The Bertz CT molecular complexity index is 1120. The predicted molar refractivity (Wildman–Crippen MR) is 120 cm³/mol. The Morgan fingerprint density at radius 1 is 0.969 bits per heavy atom. The molecule has 0 atom stereocenters. The fraction of sp³-hybridized carbons (Fsp3) is 0.318. The summed E-state index contributed by atoms with van der Waals surface area (Å²) in [5, 5.41) is 4.60. The summed E-state index contributed by atoms with van der Waals surface area (Å²) < 4.78 is 32.7. The average molecular weight is 462 g/mol. The Labute approximate surface area is 187 Å². The molecule has 0 unspecified atom stereocenters. The van der Waals surface area contributed by atoms with Gasteiger partial charge in [-0.25, -0.2) is 18.0 Å². The largest absolute Gasteiger partial charge is 0.452 e. The van der Waals surface area contributed by atoms with Crippen LogP contribution in [0.25, 0.3) is 0 Å². The number of amides is 3. The van der Waals surface area contributed by atoms with Crippen molar-refractivity contribution < 1.29 is 27.5 Å². The Morgan fingerprint density at radius 2 is 1.59 bits per heavy atom. The minimum Gasteiger partial charge on any atom is -0.452 e. The van der Waals surface area contributed by atoms with Gasteiger partial charge in [0.2, 0.25) is 0 Å². The van der Waals surface area contributed by atoms with Crippen LogP contribution in [0.5, 0.6) is 0 Å². The van der Waals surface area contributed by atoms with Gasteiger partial charge in [-0.15, -0.1) is 0 Å². The molecule has 0 spiro atoms. The number of benzene rings is 2. The van der Waals surface area contributed by atoms with E-state index >= 15 is 0 Å². The summed E-state index contributed by atoms with van der Waals surface area (Å²) in [6.45, 7) is 8.12. The fourth-order valence-corrected chi connectivity index (χ4v) is 4.02. The first-order chi connectivity index (χ1) is 14.8. The maximum Gasteiger partial charge on any atom is 0.338 e. The summed E-state index contributed by atoms with van der Waals surface area (Å²) in [7, 11) is -3.80. The molecule has 172 valence electrons. The molecule has 32 heavy (non-hydrogen) atoms. The summed E-state index contributed by atoms with van der Waals surface area (Å²) in [6.07, 6.45) is 0. The van der Waals surface area contributed by atoms with E-state index in [0.29, 0.717) is 5.56 Å². The van der Waals surface area contributed by atoms with Crippen LogP contribution in [0.3, 0.4) is 0 Å². The van der Waals surface area contributed by atoms with Crippen molar-refractivity contribution >= 4 is 33.6 Å². The second-order valence-electron chi connectivity index (χ2n) is 8.28. The lowest BCUT2D eigenvalue weighted by atomic mass is 10.1. The molecule has 0 bridgehead atoms. The molecule has 3 N–H and O–H groups in total. The Balaban J connectivity index is 1.95. The number of ether oxygens (including phenoxy) is 1. The molecule has 0 saturated carbocycles. The average Bonchev–Trinajstić information content (AvgIpc) is 2.66. The van der Waals surface area contributed by atoms with E-state index in [1.54, 1.807) is 46.8 Å². The number of hydrogen-bond donors (Lipinski definition) is 3. The number of carbonyl (C=O) groups excluding carboxylic acids is 3. The number of nitrogens with one attached hydrogen (secondary N) is 3. The van der Waals surface area contributed by atoms with Gasteiger partial charge in [-0.2, -0.15) is 0 Å². The number of anilines is 1. The molecular formula is C22H27N3O6S. The molecule has 0 saturated heterocycles. The Hall–Kier alpha value is -3.40. The van der Waals surface area contributed by atoms with E-state index in [9.17, 15) is 22.8 Å². The summed E-state index contributed by atoms with van der Waals surface area (Å²) in [5.41, 5.74) is 1.28. The van der Waals surface area contributed by atoms with Gasteiger partial charge in [0.15, 0.2) is 6.61 Å². The van der Waals surface area contributed by atoms with Gasteiger partial charge in [0.1, 0.15) is 0 Å². The highest BCUT2D eigenvalue weighted by atomic mass is 32.2. The molecule has 2 aromatic carbocycles. The van der Waals surface area contributed by atoms with Gasteiger partial charge in [-0.3, -0.25) is 14.8 Å². The molecule has 3 amide bonds. The van der Waals surface area contributed by atoms with Crippen molar-refractivity contribution in [3.8, 4) is 0 Å². The second-order valence-corrected chi connectivity index (χ2v) is 9.93. The normalized spacial score (nSPS) is 11.4. The monoisotopic (exact) mass is 461 g/mol. The SMILES string of the molecule is Cc1ccc(C)c(S(=O)(=O)Nc2ccc(C(=O)OCC(=O)NC(=O)NC(C)(C)C)cc2)c1. The van der Waals surface area contributed by atoms with Gasteiger partial charge < -0.3 is 10.1 Å². The van der Waals surface area contributed by atoms with Crippen LogP contribution < -0.4 is 15.4 Å². The highest BCUT2D eigenvalue weighted by Crippen LogP contribution is 2.21. The van der Waals surface area contributed by atoms with Crippen molar-refractivity contribution in [2.24, 2.45) is 0 Å². The smallest absolute Gasteiger partial charge is 0.338 e. The van der Waals surface area contributed by atoms with Crippen LogP contribution in [0, 0.1) is 13.8 Å². The topological polar surface area (TPSA) is 131 Å². The van der Waals surface area contributed by atoms with Crippen molar-refractivity contribution in [3.05, 3.63) is 59.2 Å². The molecule has 0 aliphatic carbocycles. The first-order valence-corrected chi connectivity index (χ1v) is 11.2. The zero-order chi connectivity index (χ0) is 24.1. The van der Waals surface area contributed by atoms with Crippen LogP contribution in [0.2, 0.25) is 0 Å². The van der Waals surface area contributed by atoms with Gasteiger partial charge in [0.25, 0.3) is 15.9 Å². The number of esters is 1. The number of rotatable bonds is 6. The van der Waals surface area contributed by atoms with Gasteiger partial charge >= 0.3 is 12.0 Å². The van der Waals surface area contributed by atoms with Gasteiger partial charge in [-0.05, 0) is 76.1 Å². The molecule has 0 aromatic heterocycles. The number of imide groups is 1. The maximum absolute atomic E-state index is 12.7. The lowest BCUT2D eigenvalue weighted by molar-refractivity contribution is -0.123. The third kappa shape index (κ3) is 7.38. The summed E-state index contributed by atoms with van der Waals surface area (Å²) in [6, 6.07) is 10.0. The quantitative estimate of drug-likeness (QED) is 0.567. The molecule has 0 aliphatic rings. The lowest BCUT2D eigenvalue weighted by Crippen LogP contribution is -2.49. The van der Waals surface area contributed by atoms with E-state index in [2.05, 4.69) is 15.4 Å². The van der Waals surface area contributed by atoms with Crippen LogP contribution >= 0.6 is 0 Å². The number of carbonyl (C=O) groups is 3. The van der Waals surface area contributed by atoms with Gasteiger partial charge in [0, 0.05) is 11.2 Å². The molecule has 10 heteroatoms. The van der Waals surface area contributed by atoms with E-state index in [4.69, 9.17) is 4.74 Å². The zero-order valence-corrected chi connectivity index (χ0v) is 19.4. The van der Waals surface area contributed by atoms with Crippen molar-refractivity contribution in [1.82, 2.24) is 10.6 Å². The van der Waals surface area contributed by atoms with Crippen LogP contribution in [0.1, 0.15) is 42.3 Å². The van der Waals surface area contributed by atoms with Crippen molar-refractivity contribution in [2.75, 3.05) is 11.3 Å². The number of aryl methyl sites for hydroxylation is 2. The molecule has 2 rings (SSSR count). The molecule has 0 heterocycles. The lowest BCUT2D eigenvalue weighted by Gasteiger charge is -2.20. The zero-order valence-electron chi connectivity index (χ0n) is 18.6. The summed E-state index contributed by atoms with van der Waals surface area (Å²) in [5.74, 6) is -1.57. The Kier molecular flexibility index (Phi) is 7.63. The third-order valence-electron chi connectivity index (χ3n) is 4.08.